The normalized spacial score (nSPS) is 16.3. The fourth-order valence-electron chi connectivity index (χ4n) is 5.26. The van der Waals surface area contributed by atoms with Crippen molar-refractivity contribution in [3.05, 3.63) is 71.8 Å². The van der Waals surface area contributed by atoms with E-state index in [9.17, 15) is 24.0 Å². The van der Waals surface area contributed by atoms with Crippen LogP contribution in [0.5, 0.6) is 0 Å². The number of carbonyl (C=O) groups excluding carboxylic acids is 5. The molecule has 0 aromatic heterocycles. The van der Waals surface area contributed by atoms with Gasteiger partial charge in [0.25, 0.3) is 0 Å². The molecule has 3 amide bonds. The van der Waals surface area contributed by atoms with Crippen LogP contribution in [0.4, 0.5) is 13.6 Å². The van der Waals surface area contributed by atoms with Gasteiger partial charge < -0.3 is 20.3 Å². The van der Waals surface area contributed by atoms with Crippen molar-refractivity contribution >= 4 is 29.5 Å². The minimum atomic E-state index is -4.28. The summed E-state index contributed by atoms with van der Waals surface area (Å²) in [4.78, 5) is 66.2. The Balaban J connectivity index is 1.63. The zero-order valence-electron chi connectivity index (χ0n) is 26.3. The van der Waals surface area contributed by atoms with Gasteiger partial charge in [-0.2, -0.15) is 8.78 Å². The first-order valence-corrected chi connectivity index (χ1v) is 15.4. The third kappa shape index (κ3) is 9.67. The van der Waals surface area contributed by atoms with Crippen LogP contribution in [0.2, 0.25) is 0 Å². The van der Waals surface area contributed by atoms with E-state index in [4.69, 9.17) is 4.74 Å². The van der Waals surface area contributed by atoms with E-state index in [-0.39, 0.29) is 31.9 Å². The highest BCUT2D eigenvalue weighted by atomic mass is 19.3. The first kappa shape index (κ1) is 35.3. The third-order valence-electron chi connectivity index (χ3n) is 7.88. The number of aryl methyl sites for hydroxylation is 1. The Morgan fingerprint density at radius 1 is 0.867 bits per heavy atom. The maximum Gasteiger partial charge on any atom is 0.408 e. The number of carbonyl (C=O) groups is 5. The van der Waals surface area contributed by atoms with E-state index < -0.39 is 65.9 Å². The zero-order valence-corrected chi connectivity index (χ0v) is 26.3. The SMILES string of the molecule is CC(C)C(NC(=O)[C@@H]1CCCN1C(=O)[C@@H](NC(=O)OCc1ccccc1)C(C)C)C(=O)C(F)(F)C(=O)CCCc1ccccc1. The minimum absolute atomic E-state index is 0.00517. The second-order valence-electron chi connectivity index (χ2n) is 12.0. The molecule has 0 bridgehead atoms. The van der Waals surface area contributed by atoms with Crippen molar-refractivity contribution in [3.63, 3.8) is 0 Å². The zero-order chi connectivity index (χ0) is 33.1. The number of likely N-dealkylation sites (tertiary alicyclic amines) is 1. The Morgan fingerprint density at radius 3 is 2.02 bits per heavy atom. The molecule has 244 valence electrons. The van der Waals surface area contributed by atoms with Gasteiger partial charge in [0.2, 0.25) is 23.4 Å². The van der Waals surface area contributed by atoms with Crippen LogP contribution in [0, 0.1) is 11.8 Å². The van der Waals surface area contributed by atoms with Crippen LogP contribution in [0.1, 0.15) is 64.5 Å². The molecule has 1 heterocycles. The van der Waals surface area contributed by atoms with Gasteiger partial charge in [-0.3, -0.25) is 19.2 Å². The minimum Gasteiger partial charge on any atom is -0.445 e. The average Bonchev–Trinajstić information content (AvgIpc) is 3.52. The lowest BCUT2D eigenvalue weighted by atomic mass is 9.92. The lowest BCUT2D eigenvalue weighted by molar-refractivity contribution is -0.160. The van der Waals surface area contributed by atoms with Crippen molar-refractivity contribution in [2.24, 2.45) is 11.8 Å². The van der Waals surface area contributed by atoms with Gasteiger partial charge in [0, 0.05) is 13.0 Å². The van der Waals surface area contributed by atoms with Crippen LogP contribution in [0.25, 0.3) is 0 Å². The summed E-state index contributed by atoms with van der Waals surface area (Å²) in [5.41, 5.74) is 1.66. The number of amides is 3. The average molecular weight is 628 g/mol. The Labute approximate surface area is 263 Å². The van der Waals surface area contributed by atoms with E-state index in [2.05, 4.69) is 10.6 Å². The number of hydrogen-bond acceptors (Lipinski definition) is 6. The largest absolute Gasteiger partial charge is 0.445 e. The number of Topliss-reactive ketones (excluding diaryl/α,β-unsaturated/α-hetero) is 2. The van der Waals surface area contributed by atoms with Crippen LogP contribution in [-0.2, 0) is 36.9 Å². The third-order valence-corrected chi connectivity index (χ3v) is 7.88. The fourth-order valence-corrected chi connectivity index (χ4v) is 5.26. The van der Waals surface area contributed by atoms with Crippen molar-refractivity contribution in [2.45, 2.75) is 90.5 Å². The molecule has 0 aliphatic carbocycles. The number of halogens is 2. The summed E-state index contributed by atoms with van der Waals surface area (Å²) in [6.45, 7) is 6.67. The van der Waals surface area contributed by atoms with Gasteiger partial charge in [-0.05, 0) is 48.6 Å². The van der Waals surface area contributed by atoms with Crippen molar-refractivity contribution in [1.29, 1.82) is 0 Å². The van der Waals surface area contributed by atoms with Gasteiger partial charge in [-0.15, -0.1) is 0 Å². The Hall–Kier alpha value is -4.15. The smallest absolute Gasteiger partial charge is 0.408 e. The summed E-state index contributed by atoms with van der Waals surface area (Å²) in [5, 5.41) is 4.99. The highest BCUT2D eigenvalue weighted by molar-refractivity contribution is 6.11. The van der Waals surface area contributed by atoms with Crippen LogP contribution in [-0.4, -0.2) is 65.0 Å². The van der Waals surface area contributed by atoms with Crippen molar-refractivity contribution < 1.29 is 37.5 Å². The molecular weight excluding hydrogens is 584 g/mol. The molecule has 1 aliphatic heterocycles. The number of benzene rings is 2. The maximum atomic E-state index is 15.1. The van der Waals surface area contributed by atoms with E-state index in [1.165, 1.54) is 18.7 Å². The van der Waals surface area contributed by atoms with Crippen molar-refractivity contribution in [3.8, 4) is 0 Å². The molecule has 9 nitrogen and oxygen atoms in total. The van der Waals surface area contributed by atoms with Gasteiger partial charge in [0.15, 0.2) is 0 Å². The van der Waals surface area contributed by atoms with Crippen LogP contribution in [0.3, 0.4) is 0 Å². The second kappa shape index (κ2) is 16.2. The Bertz CT molecular complexity index is 1320. The standard InChI is InChI=1S/C34H43F2N3O6/c1-22(2)28(30(41)34(35,36)27(40)19-11-17-24-13-7-5-8-14-24)37-31(42)26-18-12-20-39(26)32(43)29(23(3)4)38-33(44)45-21-25-15-9-6-10-16-25/h5-10,13-16,22-23,26,28-29H,11-12,17-21H2,1-4H3,(H,37,42)(H,38,44)/t26-,28?,29-/m0/s1. The number of hydrogen-bond donors (Lipinski definition) is 2. The lowest BCUT2D eigenvalue weighted by Gasteiger charge is -2.32. The van der Waals surface area contributed by atoms with Crippen LogP contribution < -0.4 is 10.6 Å². The van der Waals surface area contributed by atoms with Gasteiger partial charge >= 0.3 is 12.0 Å². The van der Waals surface area contributed by atoms with E-state index in [1.807, 2.05) is 36.4 Å². The molecule has 3 rings (SSSR count). The molecule has 0 saturated carbocycles. The quantitative estimate of drug-likeness (QED) is 0.272. The summed E-state index contributed by atoms with van der Waals surface area (Å²) in [6.07, 6.45) is -0.0301. The number of rotatable bonds is 15. The van der Waals surface area contributed by atoms with Gasteiger partial charge in [-0.1, -0.05) is 88.4 Å². The van der Waals surface area contributed by atoms with Crippen molar-refractivity contribution in [2.75, 3.05) is 6.54 Å². The van der Waals surface area contributed by atoms with Crippen molar-refractivity contribution in [1.82, 2.24) is 15.5 Å². The molecule has 45 heavy (non-hydrogen) atoms. The predicted octanol–water partition coefficient (Wildman–Crippen LogP) is 4.87. The van der Waals surface area contributed by atoms with Crippen LogP contribution >= 0.6 is 0 Å². The van der Waals surface area contributed by atoms with Crippen LogP contribution in [0.15, 0.2) is 60.7 Å². The summed E-state index contributed by atoms with van der Waals surface area (Å²) >= 11 is 0. The molecule has 0 radical (unpaired) electrons. The number of ketones is 2. The lowest BCUT2D eigenvalue weighted by Crippen LogP contribution is -2.59. The summed E-state index contributed by atoms with van der Waals surface area (Å²) in [7, 11) is 0. The highest BCUT2D eigenvalue weighted by Gasteiger charge is 2.51. The first-order chi connectivity index (χ1) is 21.3. The van der Waals surface area contributed by atoms with E-state index in [0.717, 1.165) is 11.1 Å². The summed E-state index contributed by atoms with van der Waals surface area (Å²) in [6, 6.07) is 14.4. The molecule has 2 aromatic rings. The number of alkyl carbamates (subject to hydrolysis) is 1. The van der Waals surface area contributed by atoms with E-state index >= 15 is 8.78 Å². The predicted molar refractivity (Wildman–Crippen MR) is 164 cm³/mol. The van der Waals surface area contributed by atoms with E-state index in [1.54, 1.807) is 38.1 Å². The first-order valence-electron chi connectivity index (χ1n) is 15.4. The second-order valence-corrected chi connectivity index (χ2v) is 12.0. The topological polar surface area (TPSA) is 122 Å². The molecule has 2 aromatic carbocycles. The summed E-state index contributed by atoms with van der Waals surface area (Å²) < 4.78 is 35.5. The molecule has 1 fully saturated rings. The van der Waals surface area contributed by atoms with E-state index in [0.29, 0.717) is 12.8 Å². The summed E-state index contributed by atoms with van der Waals surface area (Å²) in [5.74, 6) is -9.85. The maximum absolute atomic E-state index is 15.1. The molecular formula is C34H43F2N3O6. The monoisotopic (exact) mass is 627 g/mol. The van der Waals surface area contributed by atoms with Gasteiger partial charge in [0.1, 0.15) is 18.7 Å². The molecule has 1 saturated heterocycles. The Kier molecular flexibility index (Phi) is 12.8. The highest BCUT2D eigenvalue weighted by Crippen LogP contribution is 2.26. The Morgan fingerprint density at radius 2 is 1.44 bits per heavy atom. The molecule has 0 spiro atoms. The molecule has 2 N–H and O–H groups in total. The van der Waals surface area contributed by atoms with Gasteiger partial charge in [-0.25, -0.2) is 4.79 Å². The number of ether oxygens (including phenoxy) is 1. The molecule has 1 aliphatic rings. The number of nitrogens with one attached hydrogen (secondary N) is 2. The fraction of sp³-hybridized carbons (Fsp3) is 0.500. The number of nitrogens with zero attached hydrogens (tertiary/aromatic N) is 1. The molecule has 1 unspecified atom stereocenters. The molecule has 11 heteroatoms. The van der Waals surface area contributed by atoms with Gasteiger partial charge in [0.05, 0.1) is 6.04 Å². The molecule has 3 atom stereocenters. The number of alkyl halides is 2.